The molecule has 3 N–H and O–H groups in total. The Kier molecular flexibility index (Phi) is 14.4. The molecule has 4 atom stereocenters. The van der Waals surface area contributed by atoms with Crippen LogP contribution in [0, 0.1) is 11.8 Å². The lowest BCUT2D eigenvalue weighted by atomic mass is 9.94. The van der Waals surface area contributed by atoms with E-state index in [4.69, 9.17) is 9.47 Å². The molecule has 8 nitrogen and oxygen atoms in total. The summed E-state index contributed by atoms with van der Waals surface area (Å²) in [5, 5.41) is 16.0. The van der Waals surface area contributed by atoms with E-state index >= 15 is 0 Å². The van der Waals surface area contributed by atoms with Crippen molar-refractivity contribution in [3.05, 3.63) is 150 Å². The summed E-state index contributed by atoms with van der Waals surface area (Å²) in [6, 6.07) is 36.2. The zero-order valence-corrected chi connectivity index (χ0v) is 29.0. The van der Waals surface area contributed by atoms with E-state index in [2.05, 4.69) is 10.6 Å². The first-order valence-corrected chi connectivity index (χ1v) is 17.8. The van der Waals surface area contributed by atoms with Crippen LogP contribution in [0.2, 0.25) is 0 Å². The van der Waals surface area contributed by atoms with Gasteiger partial charge >= 0.3 is 5.97 Å². The van der Waals surface area contributed by atoms with E-state index in [1.807, 2.05) is 127 Å². The first-order valence-electron chi connectivity index (χ1n) is 17.8. The van der Waals surface area contributed by atoms with Crippen molar-refractivity contribution < 1.29 is 29.0 Å². The number of rotatable bonds is 13. The van der Waals surface area contributed by atoms with E-state index in [9.17, 15) is 19.5 Å². The Balaban J connectivity index is 1.28. The number of carbonyl (C=O) groups excluding carboxylic acids is 3. The molecule has 51 heavy (non-hydrogen) atoms. The predicted octanol–water partition coefficient (Wildman–Crippen LogP) is 6.16. The largest absolute Gasteiger partial charge is 0.489 e. The van der Waals surface area contributed by atoms with Crippen LogP contribution in [0.25, 0.3) is 0 Å². The third-order valence-electron chi connectivity index (χ3n) is 9.07. The maximum atomic E-state index is 13.8. The summed E-state index contributed by atoms with van der Waals surface area (Å²) in [6.45, 7) is 0.233. The molecule has 0 radical (unpaired) electrons. The second kappa shape index (κ2) is 19.8. The van der Waals surface area contributed by atoms with E-state index in [0.29, 0.717) is 45.1 Å². The summed E-state index contributed by atoms with van der Waals surface area (Å²) < 4.78 is 11.9. The molecule has 4 unspecified atom stereocenters. The van der Waals surface area contributed by atoms with E-state index in [-0.39, 0.29) is 43.3 Å². The Labute approximate surface area is 300 Å². The Morgan fingerprint density at radius 2 is 1.41 bits per heavy atom. The average molecular weight is 689 g/mol. The summed E-state index contributed by atoms with van der Waals surface area (Å²) in [5.74, 6) is -1.15. The fraction of sp³-hybridized carbons (Fsp3) is 0.326. The van der Waals surface area contributed by atoms with Crippen LogP contribution in [0.15, 0.2) is 127 Å². The lowest BCUT2D eigenvalue weighted by molar-refractivity contribution is -0.150. The summed E-state index contributed by atoms with van der Waals surface area (Å²) in [7, 11) is 0. The lowest BCUT2D eigenvalue weighted by Crippen LogP contribution is -2.45. The molecule has 4 aromatic carbocycles. The highest BCUT2D eigenvalue weighted by atomic mass is 16.5. The number of carbonyl (C=O) groups is 3. The van der Waals surface area contributed by atoms with Gasteiger partial charge in [0.15, 0.2) is 0 Å². The van der Waals surface area contributed by atoms with Crippen LogP contribution in [0.3, 0.4) is 0 Å². The van der Waals surface area contributed by atoms with Gasteiger partial charge < -0.3 is 25.2 Å². The normalized spacial score (nSPS) is 19.0. The van der Waals surface area contributed by atoms with Gasteiger partial charge in [-0.05, 0) is 72.9 Å². The number of esters is 1. The van der Waals surface area contributed by atoms with Crippen molar-refractivity contribution in [1.82, 2.24) is 10.6 Å². The molecule has 5 rings (SSSR count). The van der Waals surface area contributed by atoms with Gasteiger partial charge in [-0.15, -0.1) is 0 Å². The minimum atomic E-state index is -0.648. The van der Waals surface area contributed by atoms with Crippen LogP contribution in [0.5, 0.6) is 5.75 Å². The maximum absolute atomic E-state index is 13.8. The number of nitrogens with one attached hydrogen (secondary N) is 2. The van der Waals surface area contributed by atoms with Crippen molar-refractivity contribution >= 4 is 17.8 Å². The maximum Gasteiger partial charge on any atom is 0.309 e. The zero-order chi connectivity index (χ0) is 35.7. The molecule has 1 aliphatic heterocycles. The highest BCUT2D eigenvalue weighted by molar-refractivity contribution is 5.86. The van der Waals surface area contributed by atoms with Gasteiger partial charge in [-0.2, -0.15) is 0 Å². The van der Waals surface area contributed by atoms with Crippen molar-refractivity contribution in [2.75, 3.05) is 13.2 Å². The summed E-state index contributed by atoms with van der Waals surface area (Å²) in [5.41, 5.74) is 4.07. The third kappa shape index (κ3) is 12.6. The van der Waals surface area contributed by atoms with E-state index in [0.717, 1.165) is 28.0 Å². The molecule has 0 saturated heterocycles. The smallest absolute Gasteiger partial charge is 0.309 e. The number of ether oxygens (including phenoxy) is 2. The highest BCUT2D eigenvalue weighted by Crippen LogP contribution is 2.21. The topological polar surface area (TPSA) is 114 Å². The highest BCUT2D eigenvalue weighted by Gasteiger charge is 2.27. The van der Waals surface area contributed by atoms with Gasteiger partial charge in [0.1, 0.15) is 19.0 Å². The van der Waals surface area contributed by atoms with Crippen LogP contribution in [0.1, 0.15) is 47.9 Å². The first-order chi connectivity index (χ1) is 24.9. The summed E-state index contributed by atoms with van der Waals surface area (Å²) in [6.07, 6.45) is 6.92. The molecule has 4 aromatic rings. The van der Waals surface area contributed by atoms with Crippen LogP contribution in [0.4, 0.5) is 0 Å². The molecule has 0 aromatic heterocycles. The second-order valence-electron chi connectivity index (χ2n) is 13.2. The number of allylic oxidation sites excluding steroid dienone is 2. The van der Waals surface area contributed by atoms with Crippen LogP contribution in [-0.4, -0.2) is 48.2 Å². The molecule has 0 saturated carbocycles. The van der Waals surface area contributed by atoms with Gasteiger partial charge in [0.25, 0.3) is 0 Å². The van der Waals surface area contributed by atoms with Crippen LogP contribution in [-0.2, 0) is 45.0 Å². The van der Waals surface area contributed by atoms with Crippen molar-refractivity contribution in [2.24, 2.45) is 11.8 Å². The van der Waals surface area contributed by atoms with Crippen LogP contribution < -0.4 is 15.4 Å². The lowest BCUT2D eigenvalue weighted by Gasteiger charge is -2.24. The molecule has 0 aliphatic carbocycles. The molecule has 2 amide bonds. The summed E-state index contributed by atoms with van der Waals surface area (Å²) >= 11 is 0. The molecular weight excluding hydrogens is 640 g/mol. The standard InChI is InChI=1S/C43H48N2O6/c46-29-38(26-33-15-7-2-8-16-33)44-41(47)28-36-19-11-4-12-20-37(25-32-13-5-1-6-14-32)43(49)51-31-39(45-42(36)48)27-34-21-23-40(24-22-34)50-30-35-17-9-3-10-18-35/h1-11,13-18,21-24,36-39,46H,12,19-20,25-31H2,(H,44,47)(H,45,48). The fourth-order valence-corrected chi connectivity index (χ4v) is 6.25. The van der Waals surface area contributed by atoms with Crippen LogP contribution >= 0.6 is 0 Å². The Morgan fingerprint density at radius 3 is 2.08 bits per heavy atom. The first kappa shape index (κ1) is 37.1. The Bertz CT molecular complexity index is 1680. The molecule has 0 fully saturated rings. The van der Waals surface area contributed by atoms with Gasteiger partial charge in [0.2, 0.25) is 11.8 Å². The third-order valence-corrected chi connectivity index (χ3v) is 9.07. The SMILES string of the molecule is O=C(CC1CC=CCCC(Cc2ccccc2)C(=O)OCC(Cc2ccc(OCc3ccccc3)cc2)NC1=O)NC(CO)Cc1ccccc1. The minimum Gasteiger partial charge on any atom is -0.489 e. The van der Waals surface area contributed by atoms with Crippen molar-refractivity contribution in [1.29, 1.82) is 0 Å². The van der Waals surface area contributed by atoms with E-state index < -0.39 is 18.0 Å². The summed E-state index contributed by atoms with van der Waals surface area (Å²) in [4.78, 5) is 40.5. The number of aliphatic hydroxyl groups is 1. The molecule has 266 valence electrons. The van der Waals surface area contributed by atoms with Gasteiger partial charge in [0.05, 0.1) is 30.5 Å². The van der Waals surface area contributed by atoms with E-state index in [1.165, 1.54) is 0 Å². The molecule has 0 spiro atoms. The van der Waals surface area contributed by atoms with Gasteiger partial charge in [-0.25, -0.2) is 0 Å². The van der Waals surface area contributed by atoms with Crippen molar-refractivity contribution in [3.63, 3.8) is 0 Å². The monoisotopic (exact) mass is 688 g/mol. The molecule has 1 aliphatic rings. The number of hydrogen-bond acceptors (Lipinski definition) is 6. The number of hydrogen-bond donors (Lipinski definition) is 3. The molecule has 8 heteroatoms. The number of cyclic esters (lactones) is 1. The zero-order valence-electron chi connectivity index (χ0n) is 29.0. The quantitative estimate of drug-likeness (QED) is 0.115. The van der Waals surface area contributed by atoms with Crippen molar-refractivity contribution in [3.8, 4) is 5.75 Å². The molecule has 0 bridgehead atoms. The van der Waals surface area contributed by atoms with Gasteiger partial charge in [-0.3, -0.25) is 14.4 Å². The Morgan fingerprint density at radius 1 is 0.784 bits per heavy atom. The number of benzene rings is 4. The van der Waals surface area contributed by atoms with Crippen molar-refractivity contribution in [2.45, 2.75) is 63.6 Å². The van der Waals surface area contributed by atoms with Gasteiger partial charge in [0, 0.05) is 6.42 Å². The fourth-order valence-electron chi connectivity index (χ4n) is 6.25. The average Bonchev–Trinajstić information content (AvgIpc) is 3.17. The minimum absolute atomic E-state index is 0.00186. The van der Waals surface area contributed by atoms with E-state index in [1.54, 1.807) is 0 Å². The number of aliphatic hydroxyl groups excluding tert-OH is 1. The second-order valence-corrected chi connectivity index (χ2v) is 13.2. The Hall–Kier alpha value is -5.21. The number of amides is 2. The van der Waals surface area contributed by atoms with Gasteiger partial charge in [-0.1, -0.05) is 115 Å². The molecule has 1 heterocycles. The predicted molar refractivity (Wildman–Crippen MR) is 198 cm³/mol. The molecular formula is C43H48N2O6.